The van der Waals surface area contributed by atoms with Crippen molar-refractivity contribution < 1.29 is 8.42 Å². The molecule has 0 fully saturated rings. The van der Waals surface area contributed by atoms with Gasteiger partial charge in [0.15, 0.2) is 19.7 Å². The Bertz CT molecular complexity index is 791. The first kappa shape index (κ1) is 14.9. The van der Waals surface area contributed by atoms with Gasteiger partial charge in [-0.15, -0.1) is 0 Å². The monoisotopic (exact) mass is 327 g/mol. The largest absolute Gasteiger partial charge is 0.355 e. The standard InChI is InChI=1S/C18H15O2S2/c19-22(20,18-14-8-3-9-15-18)21(16-10-4-1-5-11-16)17-12-6-2-7-13-17/h1-15H/q+1. The van der Waals surface area contributed by atoms with Crippen molar-refractivity contribution in [1.29, 1.82) is 0 Å². The molecule has 0 saturated carbocycles. The van der Waals surface area contributed by atoms with Crippen LogP contribution in [0.2, 0.25) is 0 Å². The fraction of sp³-hybridized carbons (Fsp3) is 0. The van der Waals surface area contributed by atoms with Crippen LogP contribution in [0.25, 0.3) is 0 Å². The van der Waals surface area contributed by atoms with Crippen LogP contribution in [0.3, 0.4) is 0 Å². The van der Waals surface area contributed by atoms with Gasteiger partial charge < -0.3 is 0 Å². The van der Waals surface area contributed by atoms with Gasteiger partial charge in [-0.25, -0.2) is 0 Å². The molecule has 0 saturated heterocycles. The van der Waals surface area contributed by atoms with Gasteiger partial charge in [0.25, 0.3) is 0 Å². The summed E-state index contributed by atoms with van der Waals surface area (Å²) in [6.07, 6.45) is 0. The summed E-state index contributed by atoms with van der Waals surface area (Å²) in [7, 11) is -4.52. The molecule has 0 amide bonds. The maximum atomic E-state index is 13.1. The van der Waals surface area contributed by atoms with Crippen LogP contribution in [0, 0.1) is 0 Å². The molecule has 0 N–H and O–H groups in total. The highest BCUT2D eigenvalue weighted by atomic mass is 33.2. The van der Waals surface area contributed by atoms with Crippen molar-refractivity contribution >= 4 is 18.8 Å². The summed E-state index contributed by atoms with van der Waals surface area (Å²) in [5.74, 6) is 0. The predicted octanol–water partition coefficient (Wildman–Crippen LogP) is 4.11. The maximum absolute atomic E-state index is 13.1. The predicted molar refractivity (Wildman–Crippen MR) is 90.4 cm³/mol. The molecular formula is C18H15O2S2+. The molecule has 0 bridgehead atoms. The smallest absolute Gasteiger partial charge is 0.172 e. The lowest BCUT2D eigenvalue weighted by atomic mass is 10.4. The van der Waals surface area contributed by atoms with Gasteiger partial charge in [-0.1, -0.05) is 54.6 Å². The van der Waals surface area contributed by atoms with E-state index in [0.29, 0.717) is 4.90 Å². The molecule has 22 heavy (non-hydrogen) atoms. The molecule has 3 aromatic rings. The zero-order valence-corrected chi connectivity index (χ0v) is 13.4. The summed E-state index contributed by atoms with van der Waals surface area (Å²) < 4.78 is 26.3. The van der Waals surface area contributed by atoms with Gasteiger partial charge in [-0.05, 0) is 36.4 Å². The normalized spacial score (nSPS) is 11.5. The molecule has 2 nitrogen and oxygen atoms in total. The lowest BCUT2D eigenvalue weighted by Crippen LogP contribution is -2.17. The van der Waals surface area contributed by atoms with Crippen molar-refractivity contribution in [3.63, 3.8) is 0 Å². The topological polar surface area (TPSA) is 34.1 Å². The lowest BCUT2D eigenvalue weighted by Gasteiger charge is -2.08. The number of benzene rings is 3. The lowest BCUT2D eigenvalue weighted by molar-refractivity contribution is 0.609. The fourth-order valence-corrected chi connectivity index (χ4v) is 7.53. The summed E-state index contributed by atoms with van der Waals surface area (Å²) in [6, 6.07) is 27.4. The van der Waals surface area contributed by atoms with E-state index < -0.39 is 18.8 Å². The van der Waals surface area contributed by atoms with Gasteiger partial charge in [0.2, 0.25) is 0 Å². The summed E-state index contributed by atoms with van der Waals surface area (Å²) in [5, 5.41) is 0. The second-order valence-electron chi connectivity index (χ2n) is 4.66. The van der Waals surface area contributed by atoms with Crippen LogP contribution in [-0.4, -0.2) is 8.42 Å². The molecule has 0 heterocycles. The molecule has 0 aliphatic rings. The van der Waals surface area contributed by atoms with Crippen LogP contribution in [-0.2, 0) is 18.8 Å². The third kappa shape index (κ3) is 2.93. The molecule has 4 heteroatoms. The van der Waals surface area contributed by atoms with Crippen LogP contribution >= 0.6 is 0 Å². The molecule has 0 aromatic heterocycles. The number of hydrogen-bond donors (Lipinski definition) is 0. The zero-order valence-electron chi connectivity index (χ0n) is 11.8. The molecule has 0 aliphatic carbocycles. The Balaban J connectivity index is 2.19. The first-order valence-corrected chi connectivity index (χ1v) is 10.1. The second kappa shape index (κ2) is 6.38. The van der Waals surface area contributed by atoms with Gasteiger partial charge in [0, 0.05) is 0 Å². The third-order valence-corrected chi connectivity index (χ3v) is 8.90. The summed E-state index contributed by atoms with van der Waals surface area (Å²) in [4.78, 5) is 1.96. The van der Waals surface area contributed by atoms with E-state index in [2.05, 4.69) is 0 Å². The summed E-state index contributed by atoms with van der Waals surface area (Å²) in [5.41, 5.74) is 0. The summed E-state index contributed by atoms with van der Waals surface area (Å²) >= 11 is 0. The van der Waals surface area contributed by atoms with E-state index in [1.54, 1.807) is 24.3 Å². The van der Waals surface area contributed by atoms with Gasteiger partial charge >= 0.3 is 8.87 Å². The highest BCUT2D eigenvalue weighted by molar-refractivity contribution is 8.69. The molecule has 3 rings (SSSR count). The van der Waals surface area contributed by atoms with Crippen molar-refractivity contribution in [2.24, 2.45) is 0 Å². The minimum atomic E-state index is -3.48. The maximum Gasteiger partial charge on any atom is 0.355 e. The van der Waals surface area contributed by atoms with Gasteiger partial charge in [-0.3, -0.25) is 0 Å². The Kier molecular flexibility index (Phi) is 4.32. The first-order chi connectivity index (χ1) is 10.7. The van der Waals surface area contributed by atoms with Crippen molar-refractivity contribution in [2.75, 3.05) is 0 Å². The average Bonchev–Trinajstić information content (AvgIpc) is 2.58. The Morgan fingerprint density at radius 3 is 1.32 bits per heavy atom. The summed E-state index contributed by atoms with van der Waals surface area (Å²) in [6.45, 7) is 0. The molecule has 3 aromatic carbocycles. The minimum absolute atomic E-state index is 0.353. The molecule has 0 unspecified atom stereocenters. The molecule has 0 spiro atoms. The quantitative estimate of drug-likeness (QED) is 0.534. The van der Waals surface area contributed by atoms with Crippen molar-refractivity contribution in [1.82, 2.24) is 0 Å². The fourth-order valence-electron chi connectivity index (χ4n) is 2.16. The molecule has 0 atom stereocenters. The first-order valence-electron chi connectivity index (χ1n) is 6.84. The average molecular weight is 327 g/mol. The van der Waals surface area contributed by atoms with E-state index in [4.69, 9.17) is 0 Å². The van der Waals surface area contributed by atoms with E-state index in [0.717, 1.165) is 9.79 Å². The van der Waals surface area contributed by atoms with E-state index in [9.17, 15) is 8.42 Å². The number of rotatable bonds is 4. The van der Waals surface area contributed by atoms with Crippen molar-refractivity contribution in [3.8, 4) is 0 Å². The van der Waals surface area contributed by atoms with Gasteiger partial charge in [0.1, 0.15) is 4.90 Å². The van der Waals surface area contributed by atoms with Crippen LogP contribution in [0.15, 0.2) is 106 Å². The minimum Gasteiger partial charge on any atom is -0.172 e. The highest BCUT2D eigenvalue weighted by Crippen LogP contribution is 2.33. The van der Waals surface area contributed by atoms with Crippen LogP contribution in [0.4, 0.5) is 0 Å². The Morgan fingerprint density at radius 1 is 0.545 bits per heavy atom. The van der Waals surface area contributed by atoms with Crippen molar-refractivity contribution in [2.45, 2.75) is 14.7 Å². The third-order valence-electron chi connectivity index (χ3n) is 3.17. The van der Waals surface area contributed by atoms with Crippen LogP contribution in [0.1, 0.15) is 0 Å². The van der Waals surface area contributed by atoms with Crippen LogP contribution in [0.5, 0.6) is 0 Å². The van der Waals surface area contributed by atoms with Gasteiger partial charge in [-0.2, -0.15) is 8.42 Å². The van der Waals surface area contributed by atoms with E-state index in [-0.39, 0.29) is 0 Å². The van der Waals surface area contributed by atoms with E-state index in [1.165, 1.54) is 0 Å². The Morgan fingerprint density at radius 2 is 0.909 bits per heavy atom. The zero-order chi connectivity index (χ0) is 15.4. The molecule has 0 aliphatic heterocycles. The molecule has 110 valence electrons. The SMILES string of the molecule is O=S(=O)(c1ccccc1)[S+](c1ccccc1)c1ccccc1. The van der Waals surface area contributed by atoms with Crippen molar-refractivity contribution in [3.05, 3.63) is 91.0 Å². The molecule has 0 radical (unpaired) electrons. The Hall–Kier alpha value is -2.04. The van der Waals surface area contributed by atoms with E-state index in [1.807, 2.05) is 66.7 Å². The van der Waals surface area contributed by atoms with E-state index >= 15 is 0 Å². The molecular weight excluding hydrogens is 312 g/mol. The van der Waals surface area contributed by atoms with Crippen LogP contribution < -0.4 is 0 Å². The second-order valence-corrected chi connectivity index (χ2v) is 9.84. The highest BCUT2D eigenvalue weighted by Gasteiger charge is 2.41. The number of hydrogen-bond acceptors (Lipinski definition) is 2. The Labute approximate surface area is 133 Å². The van der Waals surface area contributed by atoms with Gasteiger partial charge in [0.05, 0.1) is 0 Å².